The Balaban J connectivity index is 1.56. The number of ether oxygens (including phenoxy) is 1. The van der Waals surface area contributed by atoms with Crippen molar-refractivity contribution in [2.75, 3.05) is 39.0 Å². The molecule has 2 fully saturated rings. The molecule has 0 bridgehead atoms. The van der Waals surface area contributed by atoms with Gasteiger partial charge in [-0.05, 0) is 49.7 Å². The lowest BCUT2D eigenvalue weighted by Gasteiger charge is -2.39. The van der Waals surface area contributed by atoms with Crippen molar-refractivity contribution in [3.05, 3.63) is 63.6 Å². The van der Waals surface area contributed by atoms with E-state index >= 15 is 0 Å². The molecule has 2 aliphatic rings. The second kappa shape index (κ2) is 11.3. The number of carbonyl (C=O) groups is 1. The normalized spacial score (nSPS) is 23.6. The zero-order valence-corrected chi connectivity index (χ0v) is 24.0. The fraction of sp³-hybridized carbons (Fsp3) is 0.500. The number of piperazine rings is 1. The first-order valence-corrected chi connectivity index (χ1v) is 15.0. The van der Waals surface area contributed by atoms with Gasteiger partial charge in [-0.2, -0.15) is 17.5 Å². The first-order valence-electron chi connectivity index (χ1n) is 12.4. The molecule has 0 saturated carbocycles. The van der Waals surface area contributed by atoms with Gasteiger partial charge in [0, 0.05) is 50.6 Å². The Hall–Kier alpha value is -2.21. The number of sulfonamides is 1. The van der Waals surface area contributed by atoms with Gasteiger partial charge in [0.25, 0.3) is 0 Å². The van der Waals surface area contributed by atoms with Gasteiger partial charge in [0.05, 0.1) is 21.9 Å². The minimum absolute atomic E-state index is 0.0840. The van der Waals surface area contributed by atoms with Gasteiger partial charge in [-0.25, -0.2) is 13.2 Å². The van der Waals surface area contributed by atoms with Crippen LogP contribution in [-0.2, 0) is 16.2 Å². The van der Waals surface area contributed by atoms with Crippen molar-refractivity contribution >= 4 is 39.3 Å². The Morgan fingerprint density at radius 2 is 1.74 bits per heavy atom. The van der Waals surface area contributed by atoms with E-state index in [1.54, 1.807) is 35.8 Å². The van der Waals surface area contributed by atoms with Crippen molar-refractivity contribution in [3.63, 3.8) is 0 Å². The monoisotopic (exact) mass is 607 g/mol. The highest BCUT2D eigenvalue weighted by Crippen LogP contribution is 2.39. The molecule has 13 heteroatoms. The smallest absolute Gasteiger partial charge is 0.416 e. The zero-order valence-electron chi connectivity index (χ0n) is 21.7. The summed E-state index contributed by atoms with van der Waals surface area (Å²) >= 11 is 12.4. The van der Waals surface area contributed by atoms with Gasteiger partial charge in [-0.3, -0.25) is 0 Å². The Morgan fingerprint density at radius 3 is 2.36 bits per heavy atom. The lowest BCUT2D eigenvalue weighted by Crippen LogP contribution is -2.57. The van der Waals surface area contributed by atoms with Gasteiger partial charge in [-0.1, -0.05) is 35.3 Å². The van der Waals surface area contributed by atoms with E-state index in [1.165, 1.54) is 16.4 Å². The Labute approximate surface area is 236 Å². The molecular weight excluding hydrogens is 578 g/mol. The predicted octanol–water partition coefficient (Wildman–Crippen LogP) is 5.58. The third-order valence-corrected chi connectivity index (χ3v) is 9.49. The molecule has 2 saturated heterocycles. The van der Waals surface area contributed by atoms with Crippen LogP contribution in [0.15, 0.2) is 42.5 Å². The average molecular weight is 609 g/mol. The van der Waals surface area contributed by atoms with Crippen molar-refractivity contribution in [2.24, 2.45) is 5.92 Å². The van der Waals surface area contributed by atoms with E-state index in [2.05, 4.69) is 0 Å². The van der Waals surface area contributed by atoms with Crippen LogP contribution >= 0.6 is 23.2 Å². The number of urea groups is 1. The molecule has 2 unspecified atom stereocenters. The van der Waals surface area contributed by atoms with Crippen molar-refractivity contribution in [1.82, 2.24) is 14.1 Å². The van der Waals surface area contributed by atoms with Gasteiger partial charge in [0.2, 0.25) is 10.0 Å². The molecule has 2 aromatic carbocycles. The molecule has 4 atom stereocenters. The fourth-order valence-corrected chi connectivity index (χ4v) is 6.85. The van der Waals surface area contributed by atoms with Crippen LogP contribution in [0.1, 0.15) is 30.9 Å². The molecule has 0 radical (unpaired) electrons. The van der Waals surface area contributed by atoms with E-state index in [9.17, 15) is 26.4 Å². The number of hydrogen-bond acceptors (Lipinski definition) is 4. The van der Waals surface area contributed by atoms with Crippen LogP contribution in [0.3, 0.4) is 0 Å². The standard InChI is InChI=1S/C26H30Cl2F3N3O4S/c1-16-13-32(9-10-34(16)39(3,36)37)25(35)33-14-21(22(15-33)18-7-8-23(27)24(28)11-18)17(2)38-20-6-4-5-19(12-20)26(29,30)31/h4-8,11-12,16-17,21-22H,9-10,13-15H2,1-3H3/t16-,17-,21?,22?/m1/s1. The lowest BCUT2D eigenvalue weighted by molar-refractivity contribution is -0.137. The lowest BCUT2D eigenvalue weighted by atomic mass is 9.85. The first-order chi connectivity index (χ1) is 18.1. The van der Waals surface area contributed by atoms with Crippen LogP contribution in [-0.4, -0.2) is 79.7 Å². The van der Waals surface area contributed by atoms with Gasteiger partial charge in [-0.15, -0.1) is 0 Å². The second-order valence-corrected chi connectivity index (χ2v) is 12.9. The topological polar surface area (TPSA) is 70.2 Å². The number of carbonyl (C=O) groups excluding carboxylic acids is 1. The molecule has 0 spiro atoms. The van der Waals surface area contributed by atoms with Gasteiger partial charge < -0.3 is 14.5 Å². The molecule has 0 N–H and O–H groups in total. The predicted molar refractivity (Wildman–Crippen MR) is 144 cm³/mol. The molecule has 2 aliphatic heterocycles. The Bertz CT molecular complexity index is 1330. The quantitative estimate of drug-likeness (QED) is 0.445. The van der Waals surface area contributed by atoms with E-state index in [-0.39, 0.29) is 49.3 Å². The first kappa shape index (κ1) is 29.8. The van der Waals surface area contributed by atoms with Crippen LogP contribution in [0.25, 0.3) is 0 Å². The van der Waals surface area contributed by atoms with Crippen LogP contribution < -0.4 is 4.74 Å². The summed E-state index contributed by atoms with van der Waals surface area (Å²) in [6, 6.07) is 9.35. The highest BCUT2D eigenvalue weighted by molar-refractivity contribution is 7.88. The number of nitrogens with zero attached hydrogens (tertiary/aromatic N) is 3. The van der Waals surface area contributed by atoms with Gasteiger partial charge in [0.1, 0.15) is 11.9 Å². The number of hydrogen-bond donors (Lipinski definition) is 0. The number of rotatable bonds is 5. The fourth-order valence-electron chi connectivity index (χ4n) is 5.41. The minimum atomic E-state index is -4.50. The van der Waals surface area contributed by atoms with E-state index in [1.807, 2.05) is 6.07 Å². The SMILES string of the molecule is C[C@@H]1CN(C(=O)N2CC(c3ccc(Cl)c(Cl)c3)C([C@@H](C)Oc3cccc(C(F)(F)F)c3)C2)CCN1S(C)(=O)=O. The summed E-state index contributed by atoms with van der Waals surface area (Å²) in [5, 5.41) is 0.740. The molecule has 2 amide bonds. The number of halogens is 5. The second-order valence-electron chi connectivity index (χ2n) is 10.1. The van der Waals surface area contributed by atoms with E-state index in [4.69, 9.17) is 27.9 Å². The summed E-state index contributed by atoms with van der Waals surface area (Å²) < 4.78 is 71.2. The molecule has 2 heterocycles. The zero-order chi connectivity index (χ0) is 28.7. The summed E-state index contributed by atoms with van der Waals surface area (Å²) in [5.74, 6) is -0.407. The number of amides is 2. The summed E-state index contributed by atoms with van der Waals surface area (Å²) in [4.78, 5) is 16.9. The summed E-state index contributed by atoms with van der Waals surface area (Å²) in [6.45, 7) is 4.87. The van der Waals surface area contributed by atoms with E-state index < -0.39 is 27.9 Å². The maximum absolute atomic E-state index is 13.6. The molecule has 214 valence electrons. The van der Waals surface area contributed by atoms with Gasteiger partial charge in [0.15, 0.2) is 0 Å². The summed E-state index contributed by atoms with van der Waals surface area (Å²) in [7, 11) is -3.39. The van der Waals surface area contributed by atoms with Crippen LogP contribution in [0.4, 0.5) is 18.0 Å². The molecular formula is C26H30Cl2F3N3O4S. The highest BCUT2D eigenvalue weighted by atomic mass is 35.5. The van der Waals surface area contributed by atoms with Crippen molar-refractivity contribution in [2.45, 2.75) is 38.1 Å². The van der Waals surface area contributed by atoms with Crippen LogP contribution in [0, 0.1) is 5.92 Å². The molecule has 0 aliphatic carbocycles. The molecule has 39 heavy (non-hydrogen) atoms. The number of alkyl halides is 3. The summed E-state index contributed by atoms with van der Waals surface area (Å²) in [6.07, 6.45) is -3.90. The third kappa shape index (κ3) is 6.75. The molecule has 2 aromatic rings. The van der Waals surface area contributed by atoms with Crippen LogP contribution in [0.5, 0.6) is 5.75 Å². The maximum Gasteiger partial charge on any atom is 0.416 e. The van der Waals surface area contributed by atoms with Gasteiger partial charge >= 0.3 is 12.2 Å². The van der Waals surface area contributed by atoms with E-state index in [0.29, 0.717) is 23.1 Å². The Kier molecular flexibility index (Phi) is 8.66. The maximum atomic E-state index is 13.6. The summed E-state index contributed by atoms with van der Waals surface area (Å²) in [5.41, 5.74) is 0.0262. The molecule has 4 rings (SSSR count). The number of likely N-dealkylation sites (tertiary alicyclic amines) is 1. The third-order valence-electron chi connectivity index (χ3n) is 7.36. The number of benzene rings is 2. The Morgan fingerprint density at radius 1 is 1.03 bits per heavy atom. The van der Waals surface area contributed by atoms with E-state index in [0.717, 1.165) is 24.0 Å². The average Bonchev–Trinajstić information content (AvgIpc) is 3.30. The highest BCUT2D eigenvalue weighted by Gasteiger charge is 2.43. The van der Waals surface area contributed by atoms with Crippen molar-refractivity contribution in [1.29, 1.82) is 0 Å². The minimum Gasteiger partial charge on any atom is -0.490 e. The molecule has 0 aromatic heterocycles. The van der Waals surface area contributed by atoms with Crippen molar-refractivity contribution < 1.29 is 31.1 Å². The van der Waals surface area contributed by atoms with Crippen molar-refractivity contribution in [3.8, 4) is 5.75 Å². The van der Waals surface area contributed by atoms with Crippen LogP contribution in [0.2, 0.25) is 10.0 Å². The largest absolute Gasteiger partial charge is 0.490 e. The molecule has 7 nitrogen and oxygen atoms in total.